The lowest BCUT2D eigenvalue weighted by molar-refractivity contribution is -0.131. The number of nitrogens with zero attached hydrogens (tertiary/aromatic N) is 2. The fraction of sp³-hybridized carbons (Fsp3) is 0.276. The van der Waals surface area contributed by atoms with Gasteiger partial charge in [0.2, 0.25) is 0 Å². The van der Waals surface area contributed by atoms with Crippen LogP contribution in [0.1, 0.15) is 42.7 Å². The van der Waals surface area contributed by atoms with Crippen LogP contribution in [0.3, 0.4) is 0 Å². The van der Waals surface area contributed by atoms with Gasteiger partial charge in [-0.15, -0.1) is 0 Å². The van der Waals surface area contributed by atoms with E-state index in [9.17, 15) is 9.59 Å². The molecule has 0 radical (unpaired) electrons. The van der Waals surface area contributed by atoms with E-state index in [4.69, 9.17) is 14.6 Å². The first kappa shape index (κ1) is 22.8. The highest BCUT2D eigenvalue weighted by Gasteiger charge is 2.62. The summed E-state index contributed by atoms with van der Waals surface area (Å²) in [4.78, 5) is 27.7. The third-order valence-corrected chi connectivity index (χ3v) is 7.35. The van der Waals surface area contributed by atoms with Crippen LogP contribution in [0.15, 0.2) is 84.0 Å². The molecule has 1 spiro atoms. The highest BCUT2D eigenvalue weighted by molar-refractivity contribution is 6.21. The molecule has 1 fully saturated rings. The molecule has 3 aromatic carbocycles. The average molecular weight is 469 g/mol. The molecule has 0 aromatic heterocycles. The Morgan fingerprint density at radius 2 is 1.34 bits per heavy atom. The number of benzene rings is 3. The van der Waals surface area contributed by atoms with Gasteiger partial charge < -0.3 is 9.47 Å². The summed E-state index contributed by atoms with van der Waals surface area (Å²) in [6.07, 6.45) is 0.518. The van der Waals surface area contributed by atoms with Crippen LogP contribution in [0.25, 0.3) is 0 Å². The Balaban J connectivity index is 1.73. The molecule has 0 saturated heterocycles. The van der Waals surface area contributed by atoms with Crippen LogP contribution < -0.4 is 14.5 Å². The van der Waals surface area contributed by atoms with Crippen LogP contribution in [0.5, 0.6) is 11.5 Å². The summed E-state index contributed by atoms with van der Waals surface area (Å²) < 4.78 is 11.0. The van der Waals surface area contributed by atoms with Gasteiger partial charge in [0, 0.05) is 24.7 Å². The molecule has 1 heterocycles. The second-order valence-corrected chi connectivity index (χ2v) is 9.11. The summed E-state index contributed by atoms with van der Waals surface area (Å²) in [5.41, 5.74) is 2.17. The number of carbonyl (C=O) groups is 2. The number of para-hydroxylation sites is 1. The zero-order valence-corrected chi connectivity index (χ0v) is 20.1. The van der Waals surface area contributed by atoms with Gasteiger partial charge in [0.25, 0.3) is 5.91 Å². The molecule has 5 rings (SSSR count). The van der Waals surface area contributed by atoms with E-state index in [-0.39, 0.29) is 36.4 Å². The molecule has 6 heteroatoms. The minimum absolute atomic E-state index is 0.116. The lowest BCUT2D eigenvalue weighted by atomic mass is 9.54. The van der Waals surface area contributed by atoms with Gasteiger partial charge in [-0.3, -0.25) is 9.59 Å². The van der Waals surface area contributed by atoms with Gasteiger partial charge in [-0.2, -0.15) is 10.1 Å². The van der Waals surface area contributed by atoms with E-state index < -0.39 is 5.41 Å². The molecule has 1 amide bonds. The van der Waals surface area contributed by atoms with Crippen molar-refractivity contribution >= 4 is 23.1 Å². The number of hydrazone groups is 1. The van der Waals surface area contributed by atoms with E-state index in [0.29, 0.717) is 22.9 Å². The summed E-state index contributed by atoms with van der Waals surface area (Å²) in [6, 6.07) is 24.8. The first-order chi connectivity index (χ1) is 17.0. The minimum Gasteiger partial charge on any atom is -0.497 e. The first-order valence-corrected chi connectivity index (χ1v) is 11.7. The van der Waals surface area contributed by atoms with Crippen molar-refractivity contribution in [2.75, 3.05) is 19.2 Å². The van der Waals surface area contributed by atoms with Gasteiger partial charge in [0.15, 0.2) is 0 Å². The number of ether oxygens (including phenoxy) is 2. The van der Waals surface area contributed by atoms with Gasteiger partial charge in [-0.1, -0.05) is 42.5 Å². The lowest BCUT2D eigenvalue weighted by Crippen LogP contribution is -2.52. The second-order valence-electron chi connectivity index (χ2n) is 9.11. The van der Waals surface area contributed by atoms with Crippen LogP contribution in [0, 0.1) is 5.41 Å². The predicted molar refractivity (Wildman–Crippen MR) is 135 cm³/mol. The summed E-state index contributed by atoms with van der Waals surface area (Å²) in [7, 11) is 3.23. The van der Waals surface area contributed by atoms with Crippen molar-refractivity contribution < 1.29 is 19.1 Å². The van der Waals surface area contributed by atoms with E-state index in [1.807, 2.05) is 85.8 Å². The maximum absolute atomic E-state index is 14.5. The van der Waals surface area contributed by atoms with Crippen LogP contribution in [-0.2, 0) is 9.59 Å². The van der Waals surface area contributed by atoms with E-state index >= 15 is 0 Å². The summed E-state index contributed by atoms with van der Waals surface area (Å²) in [6.45, 7) is 1.91. The highest BCUT2D eigenvalue weighted by atomic mass is 16.5. The Kier molecular flexibility index (Phi) is 5.89. The zero-order chi connectivity index (χ0) is 24.6. The number of amides is 1. The molecule has 1 aliphatic heterocycles. The van der Waals surface area contributed by atoms with Gasteiger partial charge >= 0.3 is 0 Å². The Morgan fingerprint density at radius 3 is 1.86 bits per heavy atom. The first-order valence-electron chi connectivity index (χ1n) is 11.7. The maximum atomic E-state index is 14.5. The monoisotopic (exact) mass is 468 g/mol. The number of anilines is 1. The van der Waals surface area contributed by atoms with Gasteiger partial charge in [-0.25, -0.2) is 0 Å². The molecule has 3 aromatic rings. The molecule has 1 aliphatic carbocycles. The van der Waals surface area contributed by atoms with Crippen LogP contribution in [-0.4, -0.2) is 31.6 Å². The van der Waals surface area contributed by atoms with Crippen molar-refractivity contribution in [3.63, 3.8) is 0 Å². The van der Waals surface area contributed by atoms with Gasteiger partial charge in [-0.05, 0) is 54.4 Å². The maximum Gasteiger partial charge on any atom is 0.260 e. The Bertz CT molecular complexity index is 1240. The standard InChI is InChI=1S/C29H28N2O4/c1-19-29(28(33)31(30-19)22-11-5-4-6-12-22)26(20-9-7-13-24(15-20)34-2)17-23(32)18-27(29)21-10-8-14-25(16-21)35-3/h4-16,26-27H,17-18H2,1-3H3/t26-,27-/m0/s1. The largest absolute Gasteiger partial charge is 0.497 e. The Labute approximate surface area is 205 Å². The fourth-order valence-corrected chi connectivity index (χ4v) is 5.74. The van der Waals surface area contributed by atoms with Crippen LogP contribution >= 0.6 is 0 Å². The topological polar surface area (TPSA) is 68.2 Å². The summed E-state index contributed by atoms with van der Waals surface area (Å²) in [5, 5.41) is 6.31. The van der Waals surface area contributed by atoms with Gasteiger partial charge in [0.05, 0.1) is 25.6 Å². The molecule has 0 N–H and O–H groups in total. The molecule has 0 unspecified atom stereocenters. The van der Waals surface area contributed by atoms with Crippen molar-refractivity contribution in [3.8, 4) is 11.5 Å². The average Bonchev–Trinajstić information content (AvgIpc) is 3.16. The Hall–Kier alpha value is -3.93. The van der Waals surface area contributed by atoms with Crippen LogP contribution in [0.4, 0.5) is 5.69 Å². The van der Waals surface area contributed by atoms with Crippen molar-refractivity contribution in [2.24, 2.45) is 10.5 Å². The highest BCUT2D eigenvalue weighted by Crippen LogP contribution is 2.58. The summed E-state index contributed by atoms with van der Waals surface area (Å²) in [5.74, 6) is 0.603. The molecule has 1 saturated carbocycles. The molecule has 35 heavy (non-hydrogen) atoms. The predicted octanol–water partition coefficient (Wildman–Crippen LogP) is 5.34. The normalized spacial score (nSPS) is 21.2. The zero-order valence-electron chi connectivity index (χ0n) is 20.1. The number of carbonyl (C=O) groups excluding carboxylic acids is 2. The third kappa shape index (κ3) is 3.70. The van der Waals surface area contributed by atoms with E-state index in [1.54, 1.807) is 14.2 Å². The number of hydrogen-bond acceptors (Lipinski definition) is 5. The SMILES string of the molecule is COc1cccc([C@@H]2CC(=O)C[C@@H](c3cccc(OC)c3)C23C(=O)N(c2ccccc2)N=C3C)c1. The van der Waals surface area contributed by atoms with Crippen molar-refractivity contribution in [1.29, 1.82) is 0 Å². The quantitative estimate of drug-likeness (QED) is 0.507. The third-order valence-electron chi connectivity index (χ3n) is 7.35. The van der Waals surface area contributed by atoms with E-state index in [2.05, 4.69) is 0 Å². The number of Topliss-reactive ketones (excluding diaryl/α,β-unsaturated/α-hetero) is 1. The molecule has 2 atom stereocenters. The van der Waals surface area contributed by atoms with Crippen molar-refractivity contribution in [1.82, 2.24) is 0 Å². The number of ketones is 1. The van der Waals surface area contributed by atoms with Gasteiger partial charge in [0.1, 0.15) is 22.7 Å². The number of methoxy groups -OCH3 is 2. The molecular weight excluding hydrogens is 440 g/mol. The lowest BCUT2D eigenvalue weighted by Gasteiger charge is -2.46. The second kappa shape index (κ2) is 9.02. The van der Waals surface area contributed by atoms with Crippen molar-refractivity contribution in [3.05, 3.63) is 90.0 Å². The van der Waals surface area contributed by atoms with E-state index in [1.165, 1.54) is 5.01 Å². The number of rotatable bonds is 5. The molecule has 0 bridgehead atoms. The smallest absolute Gasteiger partial charge is 0.260 e. The molecule has 6 nitrogen and oxygen atoms in total. The Morgan fingerprint density at radius 1 is 0.800 bits per heavy atom. The minimum atomic E-state index is -1.03. The number of hydrogen-bond donors (Lipinski definition) is 0. The molecule has 2 aliphatic rings. The fourth-order valence-electron chi connectivity index (χ4n) is 5.74. The van der Waals surface area contributed by atoms with Crippen LogP contribution in [0.2, 0.25) is 0 Å². The van der Waals surface area contributed by atoms with Crippen molar-refractivity contribution in [2.45, 2.75) is 31.6 Å². The van der Waals surface area contributed by atoms with E-state index in [0.717, 1.165) is 11.1 Å². The molecule has 178 valence electrons. The summed E-state index contributed by atoms with van der Waals surface area (Å²) >= 11 is 0. The molecular formula is C29H28N2O4.